The van der Waals surface area contributed by atoms with Gasteiger partial charge in [-0.3, -0.25) is 4.79 Å². The number of hydrogen-bond donors (Lipinski definition) is 1. The lowest BCUT2D eigenvalue weighted by molar-refractivity contribution is -0.118. The maximum absolute atomic E-state index is 12.8. The lowest BCUT2D eigenvalue weighted by Gasteiger charge is -2.09. The van der Waals surface area contributed by atoms with Crippen LogP contribution in [0.3, 0.4) is 0 Å². The van der Waals surface area contributed by atoms with Crippen molar-refractivity contribution in [2.24, 2.45) is 7.05 Å². The minimum atomic E-state index is -0.355. The number of nitrogens with zero attached hydrogens (tertiary/aromatic N) is 2. The predicted octanol–water partition coefficient (Wildman–Crippen LogP) is 3.16. The molecule has 0 aliphatic carbocycles. The molecule has 1 aromatic heterocycles. The number of carbonyl (C=O) groups excluding carboxylic acids is 1. The van der Waals surface area contributed by atoms with Crippen LogP contribution < -0.4 is 14.8 Å². The van der Waals surface area contributed by atoms with Gasteiger partial charge in [0, 0.05) is 25.1 Å². The zero-order valence-corrected chi connectivity index (χ0v) is 14.2. The highest BCUT2D eigenvalue weighted by molar-refractivity contribution is 5.91. The van der Waals surface area contributed by atoms with Crippen molar-refractivity contribution in [3.8, 4) is 11.5 Å². The first-order valence-corrected chi connectivity index (χ1v) is 7.97. The van der Waals surface area contributed by atoms with Gasteiger partial charge in [0.15, 0.2) is 6.61 Å². The normalized spacial score (nSPS) is 10.4. The molecule has 0 fully saturated rings. The number of benzene rings is 2. The molecule has 0 spiro atoms. The van der Waals surface area contributed by atoms with Gasteiger partial charge in [0.2, 0.25) is 0 Å². The van der Waals surface area contributed by atoms with E-state index in [0.717, 1.165) is 5.82 Å². The van der Waals surface area contributed by atoms with Gasteiger partial charge in [-0.25, -0.2) is 9.37 Å². The molecule has 134 valence electrons. The van der Waals surface area contributed by atoms with Gasteiger partial charge in [-0.05, 0) is 48.5 Å². The molecular formula is C19H18FN3O3. The molecule has 6 nitrogen and oxygen atoms in total. The summed E-state index contributed by atoms with van der Waals surface area (Å²) in [6.45, 7) is 0.198. The fraction of sp³-hybridized carbons (Fsp3) is 0.158. The van der Waals surface area contributed by atoms with Gasteiger partial charge in [0.1, 0.15) is 29.7 Å². The molecule has 1 heterocycles. The summed E-state index contributed by atoms with van der Waals surface area (Å²) in [5, 5.41) is 2.72. The van der Waals surface area contributed by atoms with Crippen LogP contribution in [0.4, 0.5) is 10.1 Å². The van der Waals surface area contributed by atoms with Crippen LogP contribution in [0.15, 0.2) is 60.9 Å². The van der Waals surface area contributed by atoms with Gasteiger partial charge < -0.3 is 19.4 Å². The minimum Gasteiger partial charge on any atom is -0.486 e. The van der Waals surface area contributed by atoms with E-state index in [4.69, 9.17) is 9.47 Å². The van der Waals surface area contributed by atoms with Crippen molar-refractivity contribution in [1.29, 1.82) is 0 Å². The number of anilines is 1. The topological polar surface area (TPSA) is 65.4 Å². The Morgan fingerprint density at radius 2 is 1.73 bits per heavy atom. The van der Waals surface area contributed by atoms with Crippen molar-refractivity contribution in [3.63, 3.8) is 0 Å². The Labute approximate surface area is 150 Å². The number of aryl methyl sites for hydroxylation is 1. The van der Waals surface area contributed by atoms with Gasteiger partial charge in [0.25, 0.3) is 5.91 Å². The number of aromatic nitrogens is 2. The third kappa shape index (κ3) is 4.83. The van der Waals surface area contributed by atoms with E-state index in [-0.39, 0.29) is 18.3 Å². The van der Waals surface area contributed by atoms with Gasteiger partial charge in [-0.1, -0.05) is 0 Å². The summed E-state index contributed by atoms with van der Waals surface area (Å²) in [4.78, 5) is 16.1. The lowest BCUT2D eigenvalue weighted by atomic mass is 10.3. The van der Waals surface area contributed by atoms with Crippen molar-refractivity contribution < 1.29 is 18.7 Å². The van der Waals surface area contributed by atoms with E-state index >= 15 is 0 Å². The standard InChI is InChI=1S/C19H18FN3O3/c1-23-11-10-21-18(23)12-25-17-8-4-15(5-9-17)22-19(24)13-26-16-6-2-14(20)3-7-16/h2-11H,12-13H2,1H3,(H,22,24). The van der Waals surface area contributed by atoms with Crippen LogP contribution in [0.5, 0.6) is 11.5 Å². The number of carbonyl (C=O) groups is 1. The van der Waals surface area contributed by atoms with Gasteiger partial charge in [-0.15, -0.1) is 0 Å². The first-order chi connectivity index (χ1) is 12.6. The Balaban J connectivity index is 1.46. The molecule has 1 amide bonds. The van der Waals surface area contributed by atoms with Crippen LogP contribution in [0, 0.1) is 5.82 Å². The van der Waals surface area contributed by atoms with Crippen LogP contribution >= 0.6 is 0 Å². The molecule has 0 aliphatic heterocycles. The zero-order valence-electron chi connectivity index (χ0n) is 14.2. The fourth-order valence-corrected chi connectivity index (χ4v) is 2.19. The number of hydrogen-bond acceptors (Lipinski definition) is 4. The highest BCUT2D eigenvalue weighted by atomic mass is 19.1. The molecule has 0 unspecified atom stereocenters. The number of halogens is 1. The first kappa shape index (κ1) is 17.5. The third-order valence-corrected chi connectivity index (χ3v) is 3.61. The molecule has 7 heteroatoms. The molecule has 3 rings (SSSR count). The Hall–Kier alpha value is -3.35. The van der Waals surface area contributed by atoms with E-state index in [1.807, 2.05) is 17.8 Å². The third-order valence-electron chi connectivity index (χ3n) is 3.61. The van der Waals surface area contributed by atoms with E-state index in [1.54, 1.807) is 30.5 Å². The predicted molar refractivity (Wildman–Crippen MR) is 94.5 cm³/mol. The lowest BCUT2D eigenvalue weighted by Crippen LogP contribution is -2.20. The quantitative estimate of drug-likeness (QED) is 0.707. The van der Waals surface area contributed by atoms with Crippen LogP contribution in [-0.2, 0) is 18.4 Å². The van der Waals surface area contributed by atoms with Crippen molar-refractivity contribution in [2.45, 2.75) is 6.61 Å². The smallest absolute Gasteiger partial charge is 0.262 e. The van der Waals surface area contributed by atoms with E-state index in [0.29, 0.717) is 23.8 Å². The van der Waals surface area contributed by atoms with Gasteiger partial charge >= 0.3 is 0 Å². The Bertz CT molecular complexity index is 860. The average molecular weight is 355 g/mol. The van der Waals surface area contributed by atoms with E-state index in [1.165, 1.54) is 24.3 Å². The largest absolute Gasteiger partial charge is 0.486 e. The summed E-state index contributed by atoms with van der Waals surface area (Å²) in [6, 6.07) is 12.5. The van der Waals surface area contributed by atoms with Crippen molar-refractivity contribution >= 4 is 11.6 Å². The molecular weight excluding hydrogens is 337 g/mol. The van der Waals surface area contributed by atoms with Gasteiger partial charge in [0.05, 0.1) is 0 Å². The number of ether oxygens (including phenoxy) is 2. The monoisotopic (exact) mass is 355 g/mol. The molecule has 1 N–H and O–H groups in total. The Kier molecular flexibility index (Phi) is 5.48. The van der Waals surface area contributed by atoms with E-state index in [9.17, 15) is 9.18 Å². The number of nitrogens with one attached hydrogen (secondary N) is 1. The van der Waals surface area contributed by atoms with Crippen LogP contribution in [-0.4, -0.2) is 22.1 Å². The Morgan fingerprint density at radius 1 is 1.08 bits per heavy atom. The molecule has 2 aromatic carbocycles. The van der Waals surface area contributed by atoms with E-state index < -0.39 is 0 Å². The van der Waals surface area contributed by atoms with E-state index in [2.05, 4.69) is 10.3 Å². The molecule has 0 atom stereocenters. The highest BCUT2D eigenvalue weighted by Gasteiger charge is 2.05. The van der Waals surface area contributed by atoms with Crippen molar-refractivity contribution in [1.82, 2.24) is 9.55 Å². The maximum atomic E-state index is 12.8. The fourth-order valence-electron chi connectivity index (χ4n) is 2.19. The van der Waals surface area contributed by atoms with Crippen LogP contribution in [0.2, 0.25) is 0 Å². The molecule has 0 saturated heterocycles. The van der Waals surface area contributed by atoms with Gasteiger partial charge in [-0.2, -0.15) is 0 Å². The molecule has 0 aliphatic rings. The second-order valence-electron chi connectivity index (χ2n) is 5.56. The first-order valence-electron chi connectivity index (χ1n) is 7.97. The molecule has 0 saturated carbocycles. The molecule has 0 bridgehead atoms. The number of imidazole rings is 1. The number of rotatable bonds is 7. The minimum absolute atomic E-state index is 0.164. The molecule has 26 heavy (non-hydrogen) atoms. The van der Waals surface area contributed by atoms with Crippen LogP contribution in [0.1, 0.15) is 5.82 Å². The maximum Gasteiger partial charge on any atom is 0.262 e. The number of amides is 1. The zero-order chi connectivity index (χ0) is 18.4. The second kappa shape index (κ2) is 8.15. The second-order valence-corrected chi connectivity index (χ2v) is 5.56. The molecule has 0 radical (unpaired) electrons. The summed E-state index contributed by atoms with van der Waals surface area (Å²) >= 11 is 0. The van der Waals surface area contributed by atoms with Crippen molar-refractivity contribution in [2.75, 3.05) is 11.9 Å². The highest BCUT2D eigenvalue weighted by Crippen LogP contribution is 2.17. The summed E-state index contributed by atoms with van der Waals surface area (Å²) in [7, 11) is 1.90. The summed E-state index contributed by atoms with van der Waals surface area (Å²) in [5.41, 5.74) is 0.627. The summed E-state index contributed by atoms with van der Waals surface area (Å²) in [6.07, 6.45) is 3.57. The SMILES string of the molecule is Cn1ccnc1COc1ccc(NC(=O)COc2ccc(F)cc2)cc1. The summed E-state index contributed by atoms with van der Waals surface area (Å²) < 4.78 is 25.6. The van der Waals surface area contributed by atoms with Crippen LogP contribution in [0.25, 0.3) is 0 Å². The molecule has 3 aromatic rings. The average Bonchev–Trinajstić information content (AvgIpc) is 3.06. The Morgan fingerprint density at radius 3 is 2.38 bits per heavy atom. The van der Waals surface area contributed by atoms with Crippen molar-refractivity contribution in [3.05, 3.63) is 72.6 Å². The summed E-state index contributed by atoms with van der Waals surface area (Å²) in [5.74, 6) is 1.26.